The number of hydrogen-bond donors (Lipinski definition) is 4. The van der Waals surface area contributed by atoms with Gasteiger partial charge in [0.2, 0.25) is 5.95 Å². The normalized spacial score (nSPS) is 16.0. The van der Waals surface area contributed by atoms with Gasteiger partial charge in [-0.05, 0) is 48.2 Å². The van der Waals surface area contributed by atoms with Gasteiger partial charge in [-0.2, -0.15) is 0 Å². The summed E-state index contributed by atoms with van der Waals surface area (Å²) in [6.45, 7) is 8.20. The van der Waals surface area contributed by atoms with Crippen molar-refractivity contribution in [3.63, 3.8) is 0 Å². The van der Waals surface area contributed by atoms with Crippen LogP contribution in [0.25, 0.3) is 11.3 Å². The van der Waals surface area contributed by atoms with Crippen LogP contribution in [0.2, 0.25) is 0 Å². The van der Waals surface area contributed by atoms with Crippen LogP contribution in [-0.2, 0) is 5.41 Å². The first-order valence-electron chi connectivity index (χ1n) is 10.7. The first kappa shape index (κ1) is 21.7. The molecule has 32 heavy (non-hydrogen) atoms. The highest BCUT2D eigenvalue weighted by molar-refractivity contribution is 6.04. The number of rotatable bonds is 5. The van der Waals surface area contributed by atoms with Crippen LogP contribution in [0, 0.1) is 0 Å². The molecular weight excluding hydrogens is 404 g/mol. The molecule has 4 rings (SSSR count). The number of carbonyl (C=O) groups excluding carboxylic acids is 1. The van der Waals surface area contributed by atoms with Crippen molar-refractivity contribution >= 4 is 17.5 Å². The number of carbonyl (C=O) groups is 1. The maximum absolute atomic E-state index is 12.7. The molecule has 1 aromatic carbocycles. The molecule has 1 unspecified atom stereocenters. The summed E-state index contributed by atoms with van der Waals surface area (Å²) in [5.41, 5.74) is 2.74. The van der Waals surface area contributed by atoms with Gasteiger partial charge < -0.3 is 20.9 Å². The Bertz CT molecular complexity index is 1160. The van der Waals surface area contributed by atoms with E-state index in [1.54, 1.807) is 36.7 Å². The number of nitrogens with one attached hydrogen (secondary N) is 4. The average molecular weight is 433 g/mol. The maximum atomic E-state index is 12.7. The molecule has 2 aromatic heterocycles. The van der Waals surface area contributed by atoms with Gasteiger partial charge in [0.05, 0.1) is 5.69 Å². The van der Waals surface area contributed by atoms with Gasteiger partial charge in [-0.25, -0.2) is 9.97 Å². The fourth-order valence-corrected chi connectivity index (χ4v) is 3.59. The Hall–Kier alpha value is -3.52. The van der Waals surface area contributed by atoms with E-state index >= 15 is 0 Å². The predicted molar refractivity (Wildman–Crippen MR) is 126 cm³/mol. The van der Waals surface area contributed by atoms with Gasteiger partial charge in [-0.3, -0.25) is 9.59 Å². The number of anilines is 2. The van der Waals surface area contributed by atoms with Crippen molar-refractivity contribution in [2.75, 3.05) is 23.7 Å². The zero-order valence-electron chi connectivity index (χ0n) is 18.5. The lowest BCUT2D eigenvalue weighted by molar-refractivity contribution is 0.102. The molecule has 1 aliphatic rings. The van der Waals surface area contributed by atoms with E-state index in [9.17, 15) is 9.59 Å². The van der Waals surface area contributed by atoms with Gasteiger partial charge in [-0.15, -0.1) is 0 Å². The van der Waals surface area contributed by atoms with Gasteiger partial charge in [0.25, 0.3) is 11.5 Å². The van der Waals surface area contributed by atoms with E-state index in [2.05, 4.69) is 51.7 Å². The van der Waals surface area contributed by atoms with Crippen molar-refractivity contribution in [3.05, 3.63) is 70.3 Å². The second kappa shape index (κ2) is 8.92. The SMILES string of the molecule is CC(C)(C)c1ccc(C(=O)Nc2cc(-c3ccnc(NC4CCNC4)n3)c[nH]c2=O)cc1. The quantitative estimate of drug-likeness (QED) is 0.493. The standard InChI is InChI=1S/C24H28N6O2/c1-24(2,3)17-6-4-15(5-7-17)21(31)29-20-12-16(13-27-22(20)32)19-9-11-26-23(30-19)28-18-8-10-25-14-18/h4-7,9,11-13,18,25H,8,10,14H2,1-3H3,(H,27,32)(H,29,31)(H,26,28,30). The summed E-state index contributed by atoms with van der Waals surface area (Å²) in [4.78, 5) is 36.6. The molecule has 1 amide bonds. The van der Waals surface area contributed by atoms with Crippen molar-refractivity contribution in [3.8, 4) is 11.3 Å². The number of hydrogen-bond acceptors (Lipinski definition) is 6. The van der Waals surface area contributed by atoms with E-state index in [0.29, 0.717) is 28.8 Å². The number of nitrogens with zero attached hydrogens (tertiary/aromatic N) is 2. The van der Waals surface area contributed by atoms with Crippen LogP contribution in [0.1, 0.15) is 43.1 Å². The van der Waals surface area contributed by atoms with Crippen LogP contribution in [0.5, 0.6) is 0 Å². The molecule has 8 heteroatoms. The van der Waals surface area contributed by atoms with E-state index < -0.39 is 0 Å². The predicted octanol–water partition coefficient (Wildman–Crippen LogP) is 3.16. The molecule has 3 aromatic rings. The van der Waals surface area contributed by atoms with Crippen molar-refractivity contribution < 1.29 is 4.79 Å². The minimum atomic E-state index is -0.377. The Morgan fingerprint density at radius 2 is 1.94 bits per heavy atom. The number of aromatic nitrogens is 3. The highest BCUT2D eigenvalue weighted by Crippen LogP contribution is 2.23. The molecule has 0 aliphatic carbocycles. The first-order valence-corrected chi connectivity index (χ1v) is 10.7. The molecule has 1 fully saturated rings. The Kier molecular flexibility index (Phi) is 6.05. The summed E-state index contributed by atoms with van der Waals surface area (Å²) >= 11 is 0. The Morgan fingerprint density at radius 1 is 1.16 bits per heavy atom. The van der Waals surface area contributed by atoms with E-state index in [1.807, 2.05) is 12.1 Å². The summed E-state index contributed by atoms with van der Waals surface area (Å²) < 4.78 is 0. The molecule has 4 N–H and O–H groups in total. The van der Waals surface area contributed by atoms with Gasteiger partial charge >= 0.3 is 0 Å². The van der Waals surface area contributed by atoms with Crippen molar-refractivity contribution in [1.82, 2.24) is 20.3 Å². The molecule has 0 bridgehead atoms. The topological polar surface area (TPSA) is 112 Å². The zero-order valence-corrected chi connectivity index (χ0v) is 18.5. The van der Waals surface area contributed by atoms with Crippen LogP contribution in [0.15, 0.2) is 53.6 Å². The van der Waals surface area contributed by atoms with Crippen LogP contribution in [0.3, 0.4) is 0 Å². The van der Waals surface area contributed by atoms with Crippen LogP contribution in [0.4, 0.5) is 11.6 Å². The number of amides is 1. The average Bonchev–Trinajstić information content (AvgIpc) is 3.28. The highest BCUT2D eigenvalue weighted by Gasteiger charge is 2.17. The number of benzene rings is 1. The third-order valence-electron chi connectivity index (χ3n) is 5.51. The molecule has 0 radical (unpaired) electrons. The second-order valence-electron chi connectivity index (χ2n) is 9.01. The van der Waals surface area contributed by atoms with E-state index in [0.717, 1.165) is 25.1 Å². The first-order chi connectivity index (χ1) is 15.3. The van der Waals surface area contributed by atoms with Crippen molar-refractivity contribution in [1.29, 1.82) is 0 Å². The molecule has 0 spiro atoms. The summed E-state index contributed by atoms with van der Waals surface area (Å²) in [5, 5.41) is 9.33. The number of aromatic amines is 1. The summed E-state index contributed by atoms with van der Waals surface area (Å²) in [6, 6.07) is 11.1. The lowest BCUT2D eigenvalue weighted by atomic mass is 9.87. The fourth-order valence-electron chi connectivity index (χ4n) is 3.59. The van der Waals surface area contributed by atoms with E-state index in [1.165, 1.54) is 0 Å². The molecule has 1 saturated heterocycles. The second-order valence-corrected chi connectivity index (χ2v) is 9.01. The van der Waals surface area contributed by atoms with E-state index in [-0.39, 0.29) is 22.6 Å². The molecule has 8 nitrogen and oxygen atoms in total. The molecular formula is C24H28N6O2. The Labute approximate surface area is 186 Å². The molecule has 0 saturated carbocycles. The zero-order chi connectivity index (χ0) is 22.7. The molecule has 3 heterocycles. The lowest BCUT2D eigenvalue weighted by Gasteiger charge is -2.19. The largest absolute Gasteiger partial charge is 0.350 e. The summed E-state index contributed by atoms with van der Waals surface area (Å²) in [6.07, 6.45) is 4.27. The third-order valence-corrected chi connectivity index (χ3v) is 5.51. The van der Waals surface area contributed by atoms with Crippen molar-refractivity contribution in [2.24, 2.45) is 0 Å². The van der Waals surface area contributed by atoms with Crippen LogP contribution >= 0.6 is 0 Å². The van der Waals surface area contributed by atoms with Crippen molar-refractivity contribution in [2.45, 2.75) is 38.6 Å². The molecule has 166 valence electrons. The number of pyridine rings is 1. The van der Waals surface area contributed by atoms with Gasteiger partial charge in [-0.1, -0.05) is 32.9 Å². The highest BCUT2D eigenvalue weighted by atomic mass is 16.2. The Balaban J connectivity index is 1.53. The molecule has 1 aliphatic heterocycles. The van der Waals surface area contributed by atoms with Gasteiger partial charge in [0.15, 0.2) is 0 Å². The lowest BCUT2D eigenvalue weighted by Crippen LogP contribution is -2.23. The molecule has 1 atom stereocenters. The monoisotopic (exact) mass is 432 g/mol. The maximum Gasteiger partial charge on any atom is 0.271 e. The van der Waals surface area contributed by atoms with E-state index in [4.69, 9.17) is 0 Å². The van der Waals surface area contributed by atoms with Gasteiger partial charge in [0.1, 0.15) is 5.69 Å². The van der Waals surface area contributed by atoms with Crippen LogP contribution < -0.4 is 21.5 Å². The summed E-state index contributed by atoms with van der Waals surface area (Å²) in [5.74, 6) is 0.193. The number of H-pyrrole nitrogens is 1. The smallest absolute Gasteiger partial charge is 0.271 e. The minimum absolute atomic E-state index is 0.0000121. The van der Waals surface area contributed by atoms with Gasteiger partial charge in [0, 0.05) is 36.1 Å². The Morgan fingerprint density at radius 3 is 2.62 bits per heavy atom. The van der Waals surface area contributed by atoms with Crippen LogP contribution in [-0.4, -0.2) is 40.0 Å². The minimum Gasteiger partial charge on any atom is -0.350 e. The fraction of sp³-hybridized carbons (Fsp3) is 0.333. The third kappa shape index (κ3) is 5.03. The summed E-state index contributed by atoms with van der Waals surface area (Å²) in [7, 11) is 0.